The highest BCUT2D eigenvalue weighted by atomic mass is 16.5. The summed E-state index contributed by atoms with van der Waals surface area (Å²) in [6, 6.07) is 10.0. The Labute approximate surface area is 224 Å². The van der Waals surface area contributed by atoms with E-state index in [0.717, 1.165) is 36.5 Å². The van der Waals surface area contributed by atoms with Gasteiger partial charge in [0.1, 0.15) is 6.61 Å². The fourth-order valence-electron chi connectivity index (χ4n) is 5.00. The molecule has 38 heavy (non-hydrogen) atoms. The van der Waals surface area contributed by atoms with Crippen LogP contribution in [0.3, 0.4) is 0 Å². The maximum absolute atomic E-state index is 14.3. The van der Waals surface area contributed by atoms with E-state index >= 15 is 0 Å². The lowest BCUT2D eigenvalue weighted by Gasteiger charge is -2.30. The molecule has 4 rings (SSSR count). The number of fused-ring (bicyclic) bond motifs is 2. The second kappa shape index (κ2) is 12.0. The van der Waals surface area contributed by atoms with Crippen LogP contribution in [0.4, 0.5) is 5.69 Å². The van der Waals surface area contributed by atoms with Gasteiger partial charge in [-0.2, -0.15) is 0 Å². The molecular weight excluding hydrogens is 482 g/mol. The van der Waals surface area contributed by atoms with Crippen molar-refractivity contribution in [1.82, 2.24) is 19.9 Å². The Hall–Kier alpha value is -3.30. The van der Waals surface area contributed by atoms with Crippen LogP contribution >= 0.6 is 0 Å². The number of amides is 2. The normalized spacial score (nSPS) is 15.7. The molecule has 2 amide bonds. The van der Waals surface area contributed by atoms with Crippen molar-refractivity contribution in [3.63, 3.8) is 0 Å². The quantitative estimate of drug-likeness (QED) is 0.492. The minimum absolute atomic E-state index is 0.00458. The molecule has 3 heterocycles. The van der Waals surface area contributed by atoms with Gasteiger partial charge in [0.25, 0.3) is 17.5 Å². The number of pyridine rings is 1. The lowest BCUT2D eigenvalue weighted by atomic mass is 10.0. The number of aryl methyl sites for hydroxylation is 1. The van der Waals surface area contributed by atoms with E-state index in [9.17, 15) is 9.59 Å². The number of ether oxygens (including phenoxy) is 1. The highest BCUT2D eigenvalue weighted by Crippen LogP contribution is 2.29. The summed E-state index contributed by atoms with van der Waals surface area (Å²) in [6.45, 7) is 13.3. The third-order valence-corrected chi connectivity index (χ3v) is 7.17. The number of benzene rings is 1. The highest BCUT2D eigenvalue weighted by Gasteiger charge is 2.27. The van der Waals surface area contributed by atoms with Crippen LogP contribution in [0.1, 0.15) is 67.3 Å². The fourth-order valence-corrected chi connectivity index (χ4v) is 5.00. The van der Waals surface area contributed by atoms with Crippen LogP contribution in [0.2, 0.25) is 0 Å². The first-order chi connectivity index (χ1) is 18.2. The van der Waals surface area contributed by atoms with Crippen LogP contribution in [-0.4, -0.2) is 77.7 Å². The summed E-state index contributed by atoms with van der Waals surface area (Å²) >= 11 is 0. The van der Waals surface area contributed by atoms with Crippen LogP contribution in [-0.2, 0) is 16.1 Å². The van der Waals surface area contributed by atoms with Gasteiger partial charge in [-0.15, -0.1) is 0 Å². The first kappa shape index (κ1) is 27.7. The third-order valence-electron chi connectivity index (χ3n) is 7.17. The van der Waals surface area contributed by atoms with Crippen LogP contribution in [0.5, 0.6) is 0 Å². The molecule has 0 saturated heterocycles. The van der Waals surface area contributed by atoms with Crippen LogP contribution < -0.4 is 4.90 Å². The summed E-state index contributed by atoms with van der Waals surface area (Å²) in [5.41, 5.74) is 4.10. The molecule has 204 valence electrons. The lowest BCUT2D eigenvalue weighted by molar-refractivity contribution is -0.122. The second-order valence-electron chi connectivity index (χ2n) is 10.5. The third kappa shape index (κ3) is 5.89. The van der Waals surface area contributed by atoms with E-state index < -0.39 is 0 Å². The first-order valence-corrected chi connectivity index (χ1v) is 13.4. The maximum atomic E-state index is 14.3. The summed E-state index contributed by atoms with van der Waals surface area (Å²) < 4.78 is 10.7. The topological polar surface area (TPSA) is 92.0 Å². The predicted molar refractivity (Wildman–Crippen MR) is 147 cm³/mol. The largest absolute Gasteiger partial charge is 0.375 e. The smallest absolute Gasteiger partial charge is 0.259 e. The van der Waals surface area contributed by atoms with E-state index in [2.05, 4.69) is 28.9 Å². The molecule has 0 fully saturated rings. The Morgan fingerprint density at radius 2 is 1.84 bits per heavy atom. The molecule has 0 unspecified atom stereocenters. The SMILES string of the molecule is COCC(=O)N1CCCN(C(C)C)CCN(C(=O)c2cc(C(C)C)nc3onc(C)c23)Cc2ccccc21. The zero-order valence-electron chi connectivity index (χ0n) is 23.4. The minimum atomic E-state index is -0.0990. The van der Waals surface area contributed by atoms with Crippen molar-refractivity contribution < 1.29 is 18.8 Å². The van der Waals surface area contributed by atoms with Crippen molar-refractivity contribution in [2.45, 2.75) is 59.5 Å². The molecule has 0 bridgehead atoms. The molecule has 0 N–H and O–H groups in total. The van der Waals surface area contributed by atoms with Crippen molar-refractivity contribution in [3.05, 3.63) is 52.8 Å². The molecule has 1 aromatic carbocycles. The van der Waals surface area contributed by atoms with E-state index in [1.54, 1.807) is 4.90 Å². The molecule has 0 atom stereocenters. The average molecular weight is 522 g/mol. The molecule has 2 aromatic heterocycles. The van der Waals surface area contributed by atoms with Gasteiger partial charge in [0, 0.05) is 57.3 Å². The van der Waals surface area contributed by atoms with Gasteiger partial charge in [0.2, 0.25) is 0 Å². The number of methoxy groups -OCH3 is 1. The van der Waals surface area contributed by atoms with Crippen molar-refractivity contribution in [2.24, 2.45) is 0 Å². The van der Waals surface area contributed by atoms with E-state index in [-0.39, 0.29) is 24.3 Å². The van der Waals surface area contributed by atoms with E-state index in [4.69, 9.17) is 9.26 Å². The van der Waals surface area contributed by atoms with Crippen molar-refractivity contribution in [1.29, 1.82) is 0 Å². The number of rotatable bonds is 5. The molecule has 0 saturated carbocycles. The Balaban J connectivity index is 1.80. The zero-order valence-corrected chi connectivity index (χ0v) is 23.4. The standard InChI is InChI=1S/C29H39N5O4/c1-19(2)24-16-23(27-21(5)31-38-28(27)30-24)29(36)33-15-14-32(20(3)4)12-9-13-34(26(35)18-37-6)25-11-8-7-10-22(25)17-33/h7-8,10-11,16,19-20H,9,12-15,17-18H2,1-6H3. The monoisotopic (exact) mass is 521 g/mol. The van der Waals surface area contributed by atoms with Gasteiger partial charge in [-0.3, -0.25) is 14.5 Å². The Bertz CT molecular complexity index is 1290. The lowest BCUT2D eigenvalue weighted by Crippen LogP contribution is -2.41. The van der Waals surface area contributed by atoms with Gasteiger partial charge >= 0.3 is 0 Å². The number of nitrogens with zero attached hydrogens (tertiary/aromatic N) is 5. The number of para-hydroxylation sites is 1. The van der Waals surface area contributed by atoms with Gasteiger partial charge in [-0.05, 0) is 50.8 Å². The van der Waals surface area contributed by atoms with Crippen molar-refractivity contribution in [3.8, 4) is 0 Å². The maximum Gasteiger partial charge on any atom is 0.259 e. The molecule has 0 spiro atoms. The molecular formula is C29H39N5O4. The van der Waals surface area contributed by atoms with Gasteiger partial charge in [-0.1, -0.05) is 37.2 Å². The van der Waals surface area contributed by atoms with Crippen LogP contribution in [0.25, 0.3) is 11.1 Å². The summed E-state index contributed by atoms with van der Waals surface area (Å²) in [7, 11) is 1.53. The Morgan fingerprint density at radius 3 is 2.55 bits per heavy atom. The summed E-state index contributed by atoms with van der Waals surface area (Å²) in [6.07, 6.45) is 0.818. The van der Waals surface area contributed by atoms with Gasteiger partial charge in [-0.25, -0.2) is 4.98 Å². The van der Waals surface area contributed by atoms with E-state index in [0.29, 0.717) is 48.0 Å². The van der Waals surface area contributed by atoms with E-state index in [1.165, 1.54) is 7.11 Å². The Morgan fingerprint density at radius 1 is 1.08 bits per heavy atom. The summed E-state index contributed by atoms with van der Waals surface area (Å²) in [5, 5.41) is 4.76. The second-order valence-corrected chi connectivity index (χ2v) is 10.5. The van der Waals surface area contributed by atoms with Gasteiger partial charge < -0.3 is 19.1 Å². The average Bonchev–Trinajstić information content (AvgIpc) is 3.25. The molecule has 9 heteroatoms. The first-order valence-electron chi connectivity index (χ1n) is 13.4. The molecule has 9 nitrogen and oxygen atoms in total. The highest BCUT2D eigenvalue weighted by molar-refractivity contribution is 6.06. The molecule has 0 radical (unpaired) electrons. The Kier molecular flexibility index (Phi) is 8.79. The molecule has 1 aliphatic heterocycles. The fraction of sp³-hybridized carbons (Fsp3) is 0.517. The van der Waals surface area contributed by atoms with Crippen molar-refractivity contribution >= 4 is 28.6 Å². The minimum Gasteiger partial charge on any atom is -0.375 e. The number of hydrogen-bond acceptors (Lipinski definition) is 7. The molecule has 0 aliphatic carbocycles. The number of carbonyl (C=O) groups excluding carboxylic acids is 2. The van der Waals surface area contributed by atoms with Crippen LogP contribution in [0, 0.1) is 6.92 Å². The number of anilines is 1. The summed E-state index contributed by atoms with van der Waals surface area (Å²) in [4.78, 5) is 38.1. The summed E-state index contributed by atoms with van der Waals surface area (Å²) in [5.74, 6) is -0.0692. The molecule has 3 aromatic rings. The number of aromatic nitrogens is 2. The van der Waals surface area contributed by atoms with Gasteiger partial charge in [0.05, 0.1) is 16.6 Å². The molecule has 1 aliphatic rings. The van der Waals surface area contributed by atoms with Crippen LogP contribution in [0.15, 0.2) is 34.9 Å². The van der Waals surface area contributed by atoms with Gasteiger partial charge in [0.15, 0.2) is 0 Å². The van der Waals surface area contributed by atoms with Crippen molar-refractivity contribution in [2.75, 3.05) is 44.8 Å². The predicted octanol–water partition coefficient (Wildman–Crippen LogP) is 4.39. The van der Waals surface area contributed by atoms with E-state index in [1.807, 2.05) is 56.0 Å². The zero-order chi connectivity index (χ0) is 27.4. The number of carbonyl (C=O) groups is 2. The number of hydrogen-bond donors (Lipinski definition) is 0.